The van der Waals surface area contributed by atoms with Crippen molar-refractivity contribution in [2.24, 2.45) is 0 Å². The lowest BCUT2D eigenvalue weighted by atomic mass is 10.1. The summed E-state index contributed by atoms with van der Waals surface area (Å²) in [4.78, 5) is 12.5. The van der Waals surface area contributed by atoms with Crippen LogP contribution in [0.1, 0.15) is 10.6 Å². The van der Waals surface area contributed by atoms with Crippen molar-refractivity contribution in [3.8, 4) is 11.5 Å². The second kappa shape index (κ2) is 6.36. The number of nitrogens with one attached hydrogen (secondary N) is 1. The summed E-state index contributed by atoms with van der Waals surface area (Å²) in [6.45, 7) is 0.729. The molecule has 2 heterocycles. The van der Waals surface area contributed by atoms with E-state index in [-0.39, 0.29) is 12.0 Å². The van der Waals surface area contributed by atoms with Crippen LogP contribution in [0.5, 0.6) is 11.5 Å². The zero-order chi connectivity index (χ0) is 18.2. The van der Waals surface area contributed by atoms with Crippen molar-refractivity contribution in [3.63, 3.8) is 0 Å². The first-order valence-corrected chi connectivity index (χ1v) is 8.86. The highest BCUT2D eigenvalue weighted by atomic mass is 16.6. The number of para-hydroxylation sites is 2. The summed E-state index contributed by atoms with van der Waals surface area (Å²) in [5.74, 6) is 1.44. The molecular weight excluding hydrogens is 342 g/mol. The topological polar surface area (TPSA) is 60.7 Å². The Morgan fingerprint density at radius 2 is 1.78 bits per heavy atom. The zero-order valence-electron chi connectivity index (χ0n) is 14.5. The number of amides is 1. The van der Waals surface area contributed by atoms with Gasteiger partial charge in [-0.15, -0.1) is 0 Å². The zero-order valence-corrected chi connectivity index (χ0v) is 14.5. The standard InChI is InChI=1S/C22H17NO4/c24-22(23-12-15-13-25-19-7-3-4-8-20(19)26-15)21-11-17-16-6-2-1-5-14(16)9-10-18(17)27-21/h1-11,15H,12-13H2,(H,23,24)/t15-/m1/s1. The Balaban J connectivity index is 1.32. The SMILES string of the molecule is O=C(NC[C@@H]1COc2ccccc2O1)c1cc2c(ccc3ccccc32)o1. The van der Waals surface area contributed by atoms with Crippen molar-refractivity contribution in [1.82, 2.24) is 5.32 Å². The van der Waals surface area contributed by atoms with Crippen molar-refractivity contribution < 1.29 is 18.7 Å². The highest BCUT2D eigenvalue weighted by Crippen LogP contribution is 2.31. The van der Waals surface area contributed by atoms with Crippen LogP contribution >= 0.6 is 0 Å². The van der Waals surface area contributed by atoms with Crippen LogP contribution in [0.4, 0.5) is 0 Å². The summed E-state index contributed by atoms with van der Waals surface area (Å²) >= 11 is 0. The largest absolute Gasteiger partial charge is 0.486 e. The molecule has 1 aromatic heterocycles. The van der Waals surface area contributed by atoms with Crippen LogP contribution in [-0.2, 0) is 0 Å². The molecule has 5 heteroatoms. The van der Waals surface area contributed by atoms with E-state index in [0.717, 1.165) is 21.9 Å². The van der Waals surface area contributed by atoms with Gasteiger partial charge in [-0.25, -0.2) is 0 Å². The van der Waals surface area contributed by atoms with Gasteiger partial charge < -0.3 is 19.2 Å². The van der Waals surface area contributed by atoms with Gasteiger partial charge in [-0.1, -0.05) is 42.5 Å². The minimum Gasteiger partial charge on any atom is -0.486 e. The fourth-order valence-electron chi connectivity index (χ4n) is 3.36. The maximum Gasteiger partial charge on any atom is 0.287 e. The van der Waals surface area contributed by atoms with Gasteiger partial charge in [-0.2, -0.15) is 0 Å². The molecule has 5 rings (SSSR count). The fraction of sp³-hybridized carbons (Fsp3) is 0.136. The molecule has 0 saturated heterocycles. The van der Waals surface area contributed by atoms with E-state index in [1.54, 1.807) is 6.07 Å². The number of hydrogen-bond donors (Lipinski definition) is 1. The number of carbonyl (C=O) groups is 1. The lowest BCUT2D eigenvalue weighted by Gasteiger charge is -2.26. The summed E-state index contributed by atoms with van der Waals surface area (Å²) in [5, 5.41) is 5.99. The minimum atomic E-state index is -0.266. The third-order valence-corrected chi connectivity index (χ3v) is 4.71. The first-order chi connectivity index (χ1) is 13.3. The third-order valence-electron chi connectivity index (χ3n) is 4.71. The number of benzene rings is 3. The smallest absolute Gasteiger partial charge is 0.287 e. The predicted octanol–water partition coefficient (Wildman–Crippen LogP) is 4.16. The average molecular weight is 359 g/mol. The average Bonchev–Trinajstić information content (AvgIpc) is 3.17. The van der Waals surface area contributed by atoms with E-state index in [2.05, 4.69) is 5.32 Å². The van der Waals surface area contributed by atoms with Gasteiger partial charge in [-0.3, -0.25) is 4.79 Å². The van der Waals surface area contributed by atoms with E-state index < -0.39 is 0 Å². The number of ether oxygens (including phenoxy) is 2. The second-order valence-electron chi connectivity index (χ2n) is 6.52. The van der Waals surface area contributed by atoms with Crippen LogP contribution in [0.2, 0.25) is 0 Å². The monoisotopic (exact) mass is 359 g/mol. The first-order valence-electron chi connectivity index (χ1n) is 8.86. The first kappa shape index (κ1) is 15.8. The number of carbonyl (C=O) groups excluding carboxylic acids is 1. The van der Waals surface area contributed by atoms with Crippen LogP contribution in [0.25, 0.3) is 21.7 Å². The molecule has 1 amide bonds. The maximum absolute atomic E-state index is 12.5. The number of rotatable bonds is 3. The van der Waals surface area contributed by atoms with Gasteiger partial charge in [0.2, 0.25) is 0 Å². The van der Waals surface area contributed by atoms with E-state index in [0.29, 0.717) is 30.2 Å². The minimum absolute atomic E-state index is 0.242. The lowest BCUT2D eigenvalue weighted by molar-refractivity contribution is 0.0774. The summed E-state index contributed by atoms with van der Waals surface area (Å²) in [6, 6.07) is 21.2. The number of hydrogen-bond acceptors (Lipinski definition) is 4. The molecule has 1 atom stereocenters. The highest BCUT2D eigenvalue weighted by Gasteiger charge is 2.22. The van der Waals surface area contributed by atoms with Crippen molar-refractivity contribution in [2.45, 2.75) is 6.10 Å². The molecule has 0 aliphatic carbocycles. The Bertz CT molecular complexity index is 1150. The Labute approximate surface area is 155 Å². The van der Waals surface area contributed by atoms with E-state index in [1.807, 2.05) is 60.7 Å². The lowest BCUT2D eigenvalue weighted by Crippen LogP contribution is -2.40. The molecular formula is C22H17NO4. The van der Waals surface area contributed by atoms with Crippen LogP contribution in [0, 0.1) is 0 Å². The predicted molar refractivity (Wildman–Crippen MR) is 102 cm³/mol. The molecule has 0 bridgehead atoms. The van der Waals surface area contributed by atoms with E-state index in [1.165, 1.54) is 0 Å². The van der Waals surface area contributed by atoms with Crippen LogP contribution in [0.3, 0.4) is 0 Å². The van der Waals surface area contributed by atoms with E-state index in [9.17, 15) is 4.79 Å². The molecule has 0 spiro atoms. The molecule has 5 nitrogen and oxygen atoms in total. The Morgan fingerprint density at radius 3 is 2.70 bits per heavy atom. The molecule has 0 saturated carbocycles. The van der Waals surface area contributed by atoms with Gasteiger partial charge in [0, 0.05) is 5.39 Å². The summed E-state index contributed by atoms with van der Waals surface area (Å²) < 4.78 is 17.3. The number of fused-ring (bicyclic) bond motifs is 4. The van der Waals surface area contributed by atoms with Crippen LogP contribution in [-0.4, -0.2) is 25.2 Å². The molecule has 1 aliphatic heterocycles. The van der Waals surface area contributed by atoms with Crippen molar-refractivity contribution >= 4 is 27.6 Å². The Morgan fingerprint density at radius 1 is 0.963 bits per heavy atom. The van der Waals surface area contributed by atoms with Crippen LogP contribution < -0.4 is 14.8 Å². The van der Waals surface area contributed by atoms with Gasteiger partial charge in [0.1, 0.15) is 18.3 Å². The van der Waals surface area contributed by atoms with Gasteiger partial charge in [0.25, 0.3) is 5.91 Å². The van der Waals surface area contributed by atoms with Crippen molar-refractivity contribution in [2.75, 3.05) is 13.2 Å². The maximum atomic E-state index is 12.5. The van der Waals surface area contributed by atoms with Gasteiger partial charge in [0.15, 0.2) is 17.3 Å². The van der Waals surface area contributed by atoms with Crippen LogP contribution in [0.15, 0.2) is 71.1 Å². The summed E-state index contributed by atoms with van der Waals surface area (Å²) in [7, 11) is 0. The fourth-order valence-corrected chi connectivity index (χ4v) is 3.36. The van der Waals surface area contributed by atoms with Gasteiger partial charge in [0.05, 0.1) is 6.54 Å². The molecule has 0 unspecified atom stereocenters. The number of furan rings is 1. The molecule has 27 heavy (non-hydrogen) atoms. The second-order valence-corrected chi connectivity index (χ2v) is 6.52. The van der Waals surface area contributed by atoms with E-state index >= 15 is 0 Å². The normalized spacial score (nSPS) is 15.8. The summed E-state index contributed by atoms with van der Waals surface area (Å²) in [6.07, 6.45) is -0.242. The van der Waals surface area contributed by atoms with Crippen molar-refractivity contribution in [1.29, 1.82) is 0 Å². The molecule has 0 radical (unpaired) electrons. The molecule has 0 fully saturated rings. The quantitative estimate of drug-likeness (QED) is 0.597. The molecule has 1 aliphatic rings. The Hall–Kier alpha value is -3.47. The van der Waals surface area contributed by atoms with Gasteiger partial charge in [-0.05, 0) is 35.0 Å². The van der Waals surface area contributed by atoms with Crippen molar-refractivity contribution in [3.05, 3.63) is 72.5 Å². The Kier molecular flexibility index (Phi) is 3.71. The molecule has 134 valence electrons. The highest BCUT2D eigenvalue weighted by molar-refractivity contribution is 6.08. The summed E-state index contributed by atoms with van der Waals surface area (Å²) in [5.41, 5.74) is 0.699. The molecule has 3 aromatic carbocycles. The van der Waals surface area contributed by atoms with E-state index in [4.69, 9.17) is 13.9 Å². The van der Waals surface area contributed by atoms with Gasteiger partial charge >= 0.3 is 0 Å². The molecule has 1 N–H and O–H groups in total. The third kappa shape index (κ3) is 2.87. The molecule has 4 aromatic rings.